The lowest BCUT2D eigenvalue weighted by molar-refractivity contribution is -0.107. The van der Waals surface area contributed by atoms with Gasteiger partial charge < -0.3 is 9.69 Å². The zero-order valence-corrected chi connectivity index (χ0v) is 34.0. The molecule has 0 aromatic rings. The SMILES string of the molecule is CCCCCCCCCC.CCCCCCCCCCC(CCCCCCCC)CC(C)CN(C)CCCCCCCCCCC=O. The molecule has 0 radical (unpaired) electrons. The highest BCUT2D eigenvalue weighted by molar-refractivity contribution is 5.48. The summed E-state index contributed by atoms with van der Waals surface area (Å²) in [5.41, 5.74) is 0. The predicted octanol–water partition coefficient (Wildman–Crippen LogP) is 15.7. The summed E-state index contributed by atoms with van der Waals surface area (Å²) in [5, 5.41) is 0. The monoisotopic (exact) mass is 664 g/mol. The quantitative estimate of drug-likeness (QED) is 0.0484. The standard InChI is InChI=1S/C35H71NO.C10H22/c1-5-7-9-11-13-17-21-25-29-35(28-24-20-12-10-8-6-2)32-34(3)33-36(4)30-26-22-18-15-14-16-19-23-27-31-37;1-3-5-7-9-10-8-6-4-2/h31,34-35H,5-30,32-33H2,1-4H3;3-10H2,1-2H3. The Morgan fingerprint density at radius 3 is 1.13 bits per heavy atom. The summed E-state index contributed by atoms with van der Waals surface area (Å²) in [7, 11) is 2.35. The molecule has 0 spiro atoms. The highest BCUT2D eigenvalue weighted by Crippen LogP contribution is 2.26. The van der Waals surface area contributed by atoms with Crippen LogP contribution >= 0.6 is 0 Å². The van der Waals surface area contributed by atoms with E-state index in [-0.39, 0.29) is 0 Å². The second kappa shape index (κ2) is 43.7. The number of nitrogens with zero attached hydrogens (tertiary/aromatic N) is 1. The Bertz CT molecular complexity index is 540. The van der Waals surface area contributed by atoms with Gasteiger partial charge in [0.05, 0.1) is 0 Å². The highest BCUT2D eigenvalue weighted by Gasteiger charge is 2.15. The molecule has 0 aliphatic rings. The van der Waals surface area contributed by atoms with Crippen LogP contribution in [0, 0.1) is 11.8 Å². The van der Waals surface area contributed by atoms with E-state index in [1.54, 1.807) is 0 Å². The molecule has 0 saturated carbocycles. The predicted molar refractivity (Wildman–Crippen MR) is 216 cm³/mol. The minimum absolute atomic E-state index is 0.754. The number of aldehydes is 1. The fraction of sp³-hybridized carbons (Fsp3) is 0.978. The largest absolute Gasteiger partial charge is 0.306 e. The summed E-state index contributed by atoms with van der Waals surface area (Å²) in [6.45, 7) is 14.2. The first kappa shape index (κ1) is 48.7. The smallest absolute Gasteiger partial charge is 0.119 e. The molecule has 2 nitrogen and oxygen atoms in total. The van der Waals surface area contributed by atoms with Gasteiger partial charge in [-0.1, -0.05) is 227 Å². The summed E-state index contributed by atoms with van der Waals surface area (Å²) in [6, 6.07) is 0. The minimum atomic E-state index is 0.754. The van der Waals surface area contributed by atoms with Crippen molar-refractivity contribution in [2.45, 2.75) is 253 Å². The van der Waals surface area contributed by atoms with Crippen molar-refractivity contribution in [3.8, 4) is 0 Å². The van der Waals surface area contributed by atoms with Gasteiger partial charge in [0, 0.05) is 13.0 Å². The van der Waals surface area contributed by atoms with Crippen LogP contribution in [0.3, 0.4) is 0 Å². The molecular formula is C45H93NO. The van der Waals surface area contributed by atoms with Crippen LogP contribution in [0.25, 0.3) is 0 Å². The van der Waals surface area contributed by atoms with Crippen LogP contribution in [0.2, 0.25) is 0 Å². The van der Waals surface area contributed by atoms with E-state index in [1.807, 2.05) is 0 Å². The topological polar surface area (TPSA) is 20.3 Å². The van der Waals surface area contributed by atoms with E-state index < -0.39 is 0 Å². The van der Waals surface area contributed by atoms with Gasteiger partial charge in [-0.05, 0) is 44.7 Å². The van der Waals surface area contributed by atoms with Crippen LogP contribution in [0.15, 0.2) is 0 Å². The van der Waals surface area contributed by atoms with Gasteiger partial charge in [-0.2, -0.15) is 0 Å². The molecule has 2 unspecified atom stereocenters. The van der Waals surface area contributed by atoms with E-state index in [2.05, 4.69) is 46.6 Å². The molecule has 0 heterocycles. The molecule has 0 aliphatic heterocycles. The van der Waals surface area contributed by atoms with E-state index in [4.69, 9.17) is 0 Å². The van der Waals surface area contributed by atoms with Crippen LogP contribution in [0.4, 0.5) is 0 Å². The number of hydrogen-bond donors (Lipinski definition) is 0. The van der Waals surface area contributed by atoms with Crippen molar-refractivity contribution in [3.05, 3.63) is 0 Å². The number of carbonyl (C=O) groups is 1. The van der Waals surface area contributed by atoms with Gasteiger partial charge in [-0.3, -0.25) is 0 Å². The molecule has 0 rings (SSSR count). The van der Waals surface area contributed by atoms with Gasteiger partial charge in [0.1, 0.15) is 6.29 Å². The van der Waals surface area contributed by atoms with Crippen molar-refractivity contribution < 1.29 is 4.79 Å². The fourth-order valence-corrected chi connectivity index (χ4v) is 7.30. The lowest BCUT2D eigenvalue weighted by atomic mass is 9.86. The van der Waals surface area contributed by atoms with Gasteiger partial charge in [0.15, 0.2) is 0 Å². The van der Waals surface area contributed by atoms with E-state index >= 15 is 0 Å². The van der Waals surface area contributed by atoms with Gasteiger partial charge in [-0.25, -0.2) is 0 Å². The first-order valence-corrected chi connectivity index (χ1v) is 22.2. The van der Waals surface area contributed by atoms with Gasteiger partial charge >= 0.3 is 0 Å². The Balaban J connectivity index is 0. The molecule has 284 valence electrons. The van der Waals surface area contributed by atoms with E-state index in [9.17, 15) is 4.79 Å². The van der Waals surface area contributed by atoms with Crippen LogP contribution in [0.1, 0.15) is 253 Å². The van der Waals surface area contributed by atoms with Crippen molar-refractivity contribution in [2.24, 2.45) is 11.8 Å². The van der Waals surface area contributed by atoms with Crippen LogP contribution in [-0.2, 0) is 4.79 Å². The number of hydrogen-bond acceptors (Lipinski definition) is 2. The second-order valence-corrected chi connectivity index (χ2v) is 15.7. The first-order valence-electron chi connectivity index (χ1n) is 22.2. The maximum absolute atomic E-state index is 10.4. The molecule has 0 aromatic carbocycles. The molecule has 0 saturated heterocycles. The number of rotatable bonds is 38. The highest BCUT2D eigenvalue weighted by atomic mass is 16.1. The Morgan fingerprint density at radius 2 is 0.766 bits per heavy atom. The normalized spacial score (nSPS) is 12.7. The van der Waals surface area contributed by atoms with Gasteiger partial charge in [0.25, 0.3) is 0 Å². The first-order chi connectivity index (χ1) is 23.0. The summed E-state index contributed by atoms with van der Waals surface area (Å²) in [6.07, 6.45) is 48.3. The zero-order valence-electron chi connectivity index (χ0n) is 34.0. The van der Waals surface area contributed by atoms with Crippen LogP contribution in [-0.4, -0.2) is 31.3 Å². The van der Waals surface area contributed by atoms with Crippen molar-refractivity contribution in [3.63, 3.8) is 0 Å². The Labute approximate surface area is 300 Å². The summed E-state index contributed by atoms with van der Waals surface area (Å²) >= 11 is 0. The summed E-state index contributed by atoms with van der Waals surface area (Å²) in [4.78, 5) is 13.0. The summed E-state index contributed by atoms with van der Waals surface area (Å²) < 4.78 is 0. The van der Waals surface area contributed by atoms with Crippen molar-refractivity contribution >= 4 is 6.29 Å². The molecule has 2 atom stereocenters. The van der Waals surface area contributed by atoms with Gasteiger partial charge in [-0.15, -0.1) is 0 Å². The maximum Gasteiger partial charge on any atom is 0.119 e. The Hall–Kier alpha value is -0.370. The van der Waals surface area contributed by atoms with Crippen LogP contribution < -0.4 is 0 Å². The Kier molecular flexibility index (Phi) is 45.3. The van der Waals surface area contributed by atoms with E-state index in [1.165, 1.54) is 219 Å². The molecule has 0 aliphatic carbocycles. The van der Waals surface area contributed by atoms with Gasteiger partial charge in [0.2, 0.25) is 0 Å². The summed E-state index contributed by atoms with van der Waals surface area (Å²) in [5.74, 6) is 1.79. The molecule has 0 fully saturated rings. The maximum atomic E-state index is 10.4. The third-order valence-corrected chi connectivity index (χ3v) is 10.4. The van der Waals surface area contributed by atoms with Crippen molar-refractivity contribution in [1.82, 2.24) is 4.90 Å². The molecule has 0 aromatic heterocycles. The molecule has 2 heteroatoms. The third kappa shape index (κ3) is 43.6. The second-order valence-electron chi connectivity index (χ2n) is 15.7. The Morgan fingerprint density at radius 1 is 0.447 bits per heavy atom. The fourth-order valence-electron chi connectivity index (χ4n) is 7.30. The van der Waals surface area contributed by atoms with E-state index in [0.29, 0.717) is 0 Å². The molecular weight excluding hydrogens is 571 g/mol. The molecule has 0 N–H and O–H groups in total. The van der Waals surface area contributed by atoms with E-state index in [0.717, 1.165) is 31.0 Å². The number of carbonyl (C=O) groups excluding carboxylic acids is 1. The van der Waals surface area contributed by atoms with Crippen molar-refractivity contribution in [1.29, 1.82) is 0 Å². The third-order valence-electron chi connectivity index (χ3n) is 10.4. The lowest BCUT2D eigenvalue weighted by Crippen LogP contribution is -2.26. The van der Waals surface area contributed by atoms with Crippen molar-refractivity contribution in [2.75, 3.05) is 20.1 Å². The molecule has 0 bridgehead atoms. The minimum Gasteiger partial charge on any atom is -0.306 e. The average molecular weight is 664 g/mol. The number of unbranched alkanes of at least 4 members (excludes halogenated alkanes) is 27. The molecule has 47 heavy (non-hydrogen) atoms. The molecule has 0 amide bonds. The zero-order chi connectivity index (χ0) is 34.9. The lowest BCUT2D eigenvalue weighted by Gasteiger charge is -2.25. The van der Waals surface area contributed by atoms with Crippen LogP contribution in [0.5, 0.6) is 0 Å². The average Bonchev–Trinajstić information content (AvgIpc) is 3.06.